The van der Waals surface area contributed by atoms with Crippen LogP contribution in [0.1, 0.15) is 10.4 Å². The number of aromatic nitrogens is 1. The Hall–Kier alpha value is -2.67. The summed E-state index contributed by atoms with van der Waals surface area (Å²) >= 11 is 0. The maximum atomic E-state index is 13.5. The lowest BCUT2D eigenvalue weighted by atomic mass is 10.2. The highest BCUT2D eigenvalue weighted by Crippen LogP contribution is 2.15. The van der Waals surface area contributed by atoms with Gasteiger partial charge in [0.2, 0.25) is 0 Å². The van der Waals surface area contributed by atoms with Gasteiger partial charge in [0.15, 0.2) is 11.6 Å². The Balaban J connectivity index is 1.98. The molecule has 2 aromatic rings. The number of hydrogen-bond donors (Lipinski definition) is 1. The van der Waals surface area contributed by atoms with Gasteiger partial charge >= 0.3 is 0 Å². The van der Waals surface area contributed by atoms with E-state index in [-0.39, 0.29) is 18.3 Å². The van der Waals surface area contributed by atoms with Crippen molar-refractivity contribution in [2.45, 2.75) is 0 Å². The van der Waals surface area contributed by atoms with Gasteiger partial charge in [-0.15, -0.1) is 0 Å². The zero-order valence-electron chi connectivity index (χ0n) is 13.4. The van der Waals surface area contributed by atoms with Gasteiger partial charge in [-0.3, -0.25) is 4.79 Å². The summed E-state index contributed by atoms with van der Waals surface area (Å²) in [6.07, 6.45) is 1.43. The van der Waals surface area contributed by atoms with E-state index in [0.29, 0.717) is 31.1 Å². The van der Waals surface area contributed by atoms with Gasteiger partial charge in [-0.25, -0.2) is 9.37 Å². The molecule has 128 valence electrons. The Kier molecular flexibility index (Phi) is 6.51. The molecule has 1 aromatic carbocycles. The highest BCUT2D eigenvalue weighted by Gasteiger charge is 2.16. The maximum Gasteiger partial charge on any atom is 0.255 e. The minimum Gasteiger partial charge on any atom is -0.489 e. The number of para-hydroxylation sites is 1. The summed E-state index contributed by atoms with van der Waals surface area (Å²) in [6.45, 7) is 1.23. The number of carbonyl (C=O) groups is 1. The quantitative estimate of drug-likeness (QED) is 0.799. The van der Waals surface area contributed by atoms with Gasteiger partial charge in [-0.05, 0) is 24.3 Å². The normalized spacial score (nSPS) is 10.4. The van der Waals surface area contributed by atoms with Crippen LogP contribution in [0.5, 0.6) is 5.75 Å². The number of methoxy groups -OCH3 is 1. The number of amides is 1. The van der Waals surface area contributed by atoms with E-state index in [4.69, 9.17) is 15.2 Å². The third-order valence-electron chi connectivity index (χ3n) is 3.34. The van der Waals surface area contributed by atoms with Gasteiger partial charge < -0.3 is 20.1 Å². The molecule has 0 fully saturated rings. The molecule has 0 saturated heterocycles. The van der Waals surface area contributed by atoms with Crippen molar-refractivity contribution in [2.75, 3.05) is 39.1 Å². The minimum atomic E-state index is -0.435. The van der Waals surface area contributed by atoms with E-state index >= 15 is 0 Å². The predicted molar refractivity (Wildman–Crippen MR) is 88.3 cm³/mol. The molecule has 0 atom stereocenters. The van der Waals surface area contributed by atoms with Gasteiger partial charge in [0.1, 0.15) is 12.4 Å². The average molecular weight is 333 g/mol. The Bertz CT molecular complexity index is 664. The fourth-order valence-corrected chi connectivity index (χ4v) is 2.06. The molecule has 2 rings (SSSR count). The molecule has 0 aliphatic carbocycles. The van der Waals surface area contributed by atoms with Crippen molar-refractivity contribution >= 4 is 11.7 Å². The number of halogens is 1. The Morgan fingerprint density at radius 2 is 1.96 bits per heavy atom. The second-order valence-electron chi connectivity index (χ2n) is 5.04. The lowest BCUT2D eigenvalue weighted by Crippen LogP contribution is -2.37. The summed E-state index contributed by atoms with van der Waals surface area (Å²) in [6, 6.07) is 9.32. The molecule has 1 heterocycles. The molecule has 0 unspecified atom stereocenters. The standard InChI is InChI=1S/C17H20FN3O3/c1-23-10-8-21(17(22)13-6-7-16(19)20-12-13)9-11-24-15-5-3-2-4-14(15)18/h2-7,12H,8-11H2,1H3,(H2,19,20). The Labute approximate surface area is 140 Å². The molecule has 0 aliphatic heterocycles. The molecule has 2 N–H and O–H groups in total. The van der Waals surface area contributed by atoms with E-state index in [0.717, 1.165) is 0 Å². The molecule has 0 bridgehead atoms. The third kappa shape index (κ3) is 4.92. The molecule has 1 amide bonds. The van der Waals surface area contributed by atoms with Crippen molar-refractivity contribution < 1.29 is 18.7 Å². The first-order valence-corrected chi connectivity index (χ1v) is 7.49. The zero-order valence-corrected chi connectivity index (χ0v) is 13.4. The molecule has 0 aliphatic rings. The van der Waals surface area contributed by atoms with E-state index in [1.54, 1.807) is 42.3 Å². The lowest BCUT2D eigenvalue weighted by molar-refractivity contribution is 0.0664. The van der Waals surface area contributed by atoms with Crippen molar-refractivity contribution in [3.8, 4) is 5.75 Å². The van der Waals surface area contributed by atoms with E-state index in [9.17, 15) is 9.18 Å². The fraction of sp³-hybridized carbons (Fsp3) is 0.294. The minimum absolute atomic E-state index is 0.158. The smallest absolute Gasteiger partial charge is 0.255 e. The molecule has 6 nitrogen and oxygen atoms in total. The van der Waals surface area contributed by atoms with Crippen molar-refractivity contribution in [3.63, 3.8) is 0 Å². The van der Waals surface area contributed by atoms with Gasteiger partial charge in [0.25, 0.3) is 5.91 Å². The number of anilines is 1. The van der Waals surface area contributed by atoms with Crippen LogP contribution in [0.25, 0.3) is 0 Å². The molecular weight excluding hydrogens is 313 g/mol. The second kappa shape index (κ2) is 8.83. The predicted octanol–water partition coefficient (Wildman–Crippen LogP) is 1.97. The zero-order chi connectivity index (χ0) is 17.4. The van der Waals surface area contributed by atoms with Crippen LogP contribution < -0.4 is 10.5 Å². The fourth-order valence-electron chi connectivity index (χ4n) is 2.06. The van der Waals surface area contributed by atoms with Crippen LogP contribution in [-0.4, -0.2) is 49.2 Å². The lowest BCUT2D eigenvalue weighted by Gasteiger charge is -2.22. The topological polar surface area (TPSA) is 77.7 Å². The highest BCUT2D eigenvalue weighted by atomic mass is 19.1. The third-order valence-corrected chi connectivity index (χ3v) is 3.34. The Morgan fingerprint density at radius 1 is 1.21 bits per heavy atom. The number of nitrogens with zero attached hydrogens (tertiary/aromatic N) is 2. The SMILES string of the molecule is COCCN(CCOc1ccccc1F)C(=O)c1ccc(N)nc1. The number of rotatable bonds is 8. The van der Waals surface area contributed by atoms with E-state index in [1.165, 1.54) is 12.3 Å². The largest absolute Gasteiger partial charge is 0.489 e. The van der Waals surface area contributed by atoms with Gasteiger partial charge in [0.05, 0.1) is 18.7 Å². The first kappa shape index (κ1) is 17.7. The number of carbonyl (C=O) groups excluding carboxylic acids is 1. The van der Waals surface area contributed by atoms with Crippen LogP contribution >= 0.6 is 0 Å². The number of nitrogen functional groups attached to an aromatic ring is 1. The first-order chi connectivity index (χ1) is 11.6. The van der Waals surface area contributed by atoms with Crippen LogP contribution in [0, 0.1) is 5.82 Å². The van der Waals surface area contributed by atoms with Crippen LogP contribution in [0.4, 0.5) is 10.2 Å². The monoisotopic (exact) mass is 333 g/mol. The molecular formula is C17H20FN3O3. The van der Waals surface area contributed by atoms with Crippen molar-refractivity contribution in [1.82, 2.24) is 9.88 Å². The molecule has 1 aromatic heterocycles. The van der Waals surface area contributed by atoms with Crippen molar-refractivity contribution in [2.24, 2.45) is 0 Å². The van der Waals surface area contributed by atoms with E-state index in [2.05, 4.69) is 4.98 Å². The van der Waals surface area contributed by atoms with Crippen molar-refractivity contribution in [1.29, 1.82) is 0 Å². The molecule has 0 saturated carbocycles. The maximum absolute atomic E-state index is 13.5. The number of ether oxygens (including phenoxy) is 2. The second-order valence-corrected chi connectivity index (χ2v) is 5.04. The number of hydrogen-bond acceptors (Lipinski definition) is 5. The van der Waals surface area contributed by atoms with Crippen molar-refractivity contribution in [3.05, 3.63) is 54.0 Å². The number of benzene rings is 1. The van der Waals surface area contributed by atoms with Gasteiger partial charge in [-0.2, -0.15) is 0 Å². The van der Waals surface area contributed by atoms with Crippen LogP contribution in [0.3, 0.4) is 0 Å². The highest BCUT2D eigenvalue weighted by molar-refractivity contribution is 5.94. The summed E-state index contributed by atoms with van der Waals surface area (Å²) in [4.78, 5) is 18.0. The molecule has 7 heteroatoms. The van der Waals surface area contributed by atoms with E-state index in [1.807, 2.05) is 0 Å². The van der Waals surface area contributed by atoms with Crippen LogP contribution in [-0.2, 0) is 4.74 Å². The summed E-state index contributed by atoms with van der Waals surface area (Å²) in [5.41, 5.74) is 5.95. The number of pyridine rings is 1. The molecule has 0 spiro atoms. The Morgan fingerprint density at radius 3 is 2.62 bits per heavy atom. The summed E-state index contributed by atoms with van der Waals surface area (Å²) < 4.78 is 24.0. The molecule has 0 radical (unpaired) electrons. The van der Waals surface area contributed by atoms with E-state index < -0.39 is 5.82 Å². The first-order valence-electron chi connectivity index (χ1n) is 7.49. The van der Waals surface area contributed by atoms with Crippen LogP contribution in [0.15, 0.2) is 42.6 Å². The van der Waals surface area contributed by atoms with Crippen LogP contribution in [0.2, 0.25) is 0 Å². The average Bonchev–Trinajstić information content (AvgIpc) is 2.59. The summed E-state index contributed by atoms with van der Waals surface area (Å²) in [7, 11) is 1.56. The van der Waals surface area contributed by atoms with Gasteiger partial charge in [-0.1, -0.05) is 12.1 Å². The molecule has 24 heavy (non-hydrogen) atoms. The summed E-state index contributed by atoms with van der Waals surface area (Å²) in [5.74, 6) is -0.143. The number of nitrogens with two attached hydrogens (primary N) is 1. The summed E-state index contributed by atoms with van der Waals surface area (Å²) in [5, 5.41) is 0. The van der Waals surface area contributed by atoms with Gasteiger partial charge in [0, 0.05) is 19.9 Å².